The Morgan fingerprint density at radius 3 is 2.70 bits per heavy atom. The second-order valence-corrected chi connectivity index (χ2v) is 5.76. The maximum Gasteiger partial charge on any atom is 0.321 e. The van der Waals surface area contributed by atoms with Crippen LogP contribution in [0.3, 0.4) is 0 Å². The number of carbonyl (C=O) groups is 2. The van der Waals surface area contributed by atoms with Crippen molar-refractivity contribution in [2.24, 2.45) is 11.3 Å². The molecule has 23 heavy (non-hydrogen) atoms. The summed E-state index contributed by atoms with van der Waals surface area (Å²) in [5.41, 5.74) is 1.61. The first-order valence-corrected chi connectivity index (χ1v) is 7.81. The van der Waals surface area contributed by atoms with E-state index < -0.39 is 29.3 Å². The maximum atomic E-state index is 12.4. The van der Waals surface area contributed by atoms with E-state index in [9.17, 15) is 14.7 Å². The van der Waals surface area contributed by atoms with Gasteiger partial charge < -0.3 is 9.84 Å². The van der Waals surface area contributed by atoms with Crippen LogP contribution in [-0.2, 0) is 19.2 Å². The zero-order chi connectivity index (χ0) is 16.9. The van der Waals surface area contributed by atoms with E-state index in [1.165, 1.54) is 7.11 Å². The van der Waals surface area contributed by atoms with Crippen LogP contribution in [0.1, 0.15) is 37.9 Å². The molecule has 1 aromatic carbocycles. The van der Waals surface area contributed by atoms with Crippen molar-refractivity contribution in [2.45, 2.75) is 32.3 Å². The summed E-state index contributed by atoms with van der Waals surface area (Å²) in [6, 6.07) is 8.97. The van der Waals surface area contributed by atoms with Crippen LogP contribution in [0, 0.1) is 11.3 Å². The highest BCUT2D eigenvalue weighted by Gasteiger charge is 2.69. The number of nitrogens with one attached hydrogen (secondary N) is 1. The van der Waals surface area contributed by atoms with Gasteiger partial charge >= 0.3 is 5.97 Å². The summed E-state index contributed by atoms with van der Waals surface area (Å²) < 4.78 is 4.78. The van der Waals surface area contributed by atoms with Crippen LogP contribution in [0.2, 0.25) is 0 Å². The molecular formula is C17H23NO5. The van der Waals surface area contributed by atoms with E-state index in [1.807, 2.05) is 13.0 Å². The Labute approximate surface area is 135 Å². The Morgan fingerprint density at radius 2 is 2.09 bits per heavy atom. The Hall–Kier alpha value is -1.92. The van der Waals surface area contributed by atoms with Gasteiger partial charge in [0.2, 0.25) is 0 Å². The molecule has 0 heterocycles. The highest BCUT2D eigenvalue weighted by molar-refractivity contribution is 6.06. The van der Waals surface area contributed by atoms with Gasteiger partial charge in [-0.2, -0.15) is 0 Å². The van der Waals surface area contributed by atoms with Crippen molar-refractivity contribution in [1.29, 1.82) is 0 Å². The molecule has 1 fully saturated rings. The van der Waals surface area contributed by atoms with Gasteiger partial charge in [0.05, 0.1) is 19.8 Å². The van der Waals surface area contributed by atoms with Crippen molar-refractivity contribution in [3.8, 4) is 0 Å². The molecular weight excluding hydrogens is 298 g/mol. The molecule has 2 rings (SSSR count). The highest BCUT2D eigenvalue weighted by Crippen LogP contribution is 2.59. The lowest BCUT2D eigenvalue weighted by Crippen LogP contribution is -2.40. The van der Waals surface area contributed by atoms with Gasteiger partial charge in [0.25, 0.3) is 5.91 Å². The third-order valence-corrected chi connectivity index (χ3v) is 4.26. The Kier molecular flexibility index (Phi) is 5.74. The Morgan fingerprint density at radius 1 is 1.39 bits per heavy atom. The number of methoxy groups -OCH3 is 1. The molecule has 1 aliphatic rings. The number of ether oxygens (including phenoxy) is 1. The minimum Gasteiger partial charge on any atom is -0.468 e. The number of hydrogen-bond acceptors (Lipinski definition) is 5. The van der Waals surface area contributed by atoms with E-state index in [1.54, 1.807) is 24.3 Å². The molecule has 6 heteroatoms. The van der Waals surface area contributed by atoms with Crippen LogP contribution in [0.5, 0.6) is 0 Å². The topological polar surface area (TPSA) is 84.9 Å². The molecule has 0 radical (unpaired) electrons. The number of rotatable bonds is 8. The van der Waals surface area contributed by atoms with E-state index in [2.05, 4.69) is 5.48 Å². The van der Waals surface area contributed by atoms with Crippen molar-refractivity contribution < 1.29 is 24.3 Å². The molecule has 1 aliphatic carbocycles. The van der Waals surface area contributed by atoms with Gasteiger partial charge in [-0.1, -0.05) is 43.7 Å². The second-order valence-electron chi connectivity index (χ2n) is 5.76. The van der Waals surface area contributed by atoms with Gasteiger partial charge in [-0.05, 0) is 18.4 Å². The summed E-state index contributed by atoms with van der Waals surface area (Å²) >= 11 is 0. The van der Waals surface area contributed by atoms with Crippen LogP contribution in [0.15, 0.2) is 30.3 Å². The molecule has 126 valence electrons. The van der Waals surface area contributed by atoms with Crippen molar-refractivity contribution in [3.63, 3.8) is 0 Å². The monoisotopic (exact) mass is 321 g/mol. The number of unbranched alkanes of at least 4 members (excludes halogenated alkanes) is 1. The fraction of sp³-hybridized carbons (Fsp3) is 0.529. The maximum absolute atomic E-state index is 12.4. The highest BCUT2D eigenvalue weighted by atomic mass is 16.7. The number of carbonyl (C=O) groups excluding carboxylic acids is 2. The van der Waals surface area contributed by atoms with Crippen molar-refractivity contribution in [3.05, 3.63) is 35.9 Å². The second kappa shape index (κ2) is 7.57. The average Bonchev–Trinajstić information content (AvgIpc) is 3.35. The molecule has 0 spiro atoms. The van der Waals surface area contributed by atoms with E-state index in [4.69, 9.17) is 9.57 Å². The summed E-state index contributed by atoms with van der Waals surface area (Å²) in [5, 5.41) is 10.5. The van der Waals surface area contributed by atoms with Crippen LogP contribution in [-0.4, -0.2) is 30.7 Å². The van der Waals surface area contributed by atoms with Crippen molar-refractivity contribution >= 4 is 11.9 Å². The molecule has 0 saturated heterocycles. The third kappa shape index (κ3) is 3.54. The standard InChI is InChI=1S/C17H23NO5/c1-3-4-10-23-18-15(20)17(16(21)22-2)11-13(17)14(19)12-8-6-5-7-9-12/h5-9,13-14,19H,3-4,10-11H2,1-2H3,(H,18,20). The molecule has 1 amide bonds. The lowest BCUT2D eigenvalue weighted by Gasteiger charge is -2.18. The number of aliphatic hydroxyl groups is 1. The molecule has 3 unspecified atom stereocenters. The van der Waals surface area contributed by atoms with Crippen molar-refractivity contribution in [1.82, 2.24) is 5.48 Å². The summed E-state index contributed by atoms with van der Waals surface area (Å²) in [5.74, 6) is -1.72. The fourth-order valence-electron chi connectivity index (χ4n) is 2.75. The Balaban J connectivity index is 2.07. The average molecular weight is 321 g/mol. The molecule has 0 bridgehead atoms. The zero-order valence-corrected chi connectivity index (χ0v) is 13.5. The molecule has 2 N–H and O–H groups in total. The van der Waals surface area contributed by atoms with Gasteiger partial charge in [0.1, 0.15) is 0 Å². The number of hydroxylamine groups is 1. The number of benzene rings is 1. The van der Waals surface area contributed by atoms with Gasteiger partial charge in [0.15, 0.2) is 5.41 Å². The van der Waals surface area contributed by atoms with E-state index >= 15 is 0 Å². The predicted molar refractivity (Wildman–Crippen MR) is 83.0 cm³/mol. The van der Waals surface area contributed by atoms with Crippen LogP contribution < -0.4 is 5.48 Å². The summed E-state index contributed by atoms with van der Waals surface area (Å²) in [6.45, 7) is 2.39. The molecule has 3 atom stereocenters. The molecule has 1 aromatic rings. The Bertz CT molecular complexity index is 547. The largest absolute Gasteiger partial charge is 0.468 e. The van der Waals surface area contributed by atoms with Gasteiger partial charge in [0, 0.05) is 5.92 Å². The van der Waals surface area contributed by atoms with Gasteiger partial charge in [-0.3, -0.25) is 14.4 Å². The molecule has 1 saturated carbocycles. The smallest absolute Gasteiger partial charge is 0.321 e. The lowest BCUT2D eigenvalue weighted by atomic mass is 9.96. The lowest BCUT2D eigenvalue weighted by molar-refractivity contribution is -0.158. The summed E-state index contributed by atoms with van der Waals surface area (Å²) in [4.78, 5) is 29.6. The van der Waals surface area contributed by atoms with E-state index in [-0.39, 0.29) is 6.42 Å². The SMILES string of the molecule is CCCCONC(=O)C1(C(=O)OC)CC1C(O)c1ccccc1. The summed E-state index contributed by atoms with van der Waals surface area (Å²) in [6.07, 6.45) is 1.07. The number of esters is 1. The molecule has 6 nitrogen and oxygen atoms in total. The van der Waals surface area contributed by atoms with Gasteiger partial charge in [-0.15, -0.1) is 0 Å². The summed E-state index contributed by atoms with van der Waals surface area (Å²) in [7, 11) is 1.24. The molecule has 0 aromatic heterocycles. The van der Waals surface area contributed by atoms with Crippen LogP contribution in [0.25, 0.3) is 0 Å². The number of aliphatic hydroxyl groups excluding tert-OH is 1. The fourth-order valence-corrected chi connectivity index (χ4v) is 2.75. The third-order valence-electron chi connectivity index (χ3n) is 4.26. The zero-order valence-electron chi connectivity index (χ0n) is 13.5. The minimum atomic E-state index is -1.38. The van der Waals surface area contributed by atoms with Crippen LogP contribution >= 0.6 is 0 Å². The van der Waals surface area contributed by atoms with E-state index in [0.717, 1.165) is 12.8 Å². The number of hydrogen-bond donors (Lipinski definition) is 2. The van der Waals surface area contributed by atoms with Crippen LogP contribution in [0.4, 0.5) is 0 Å². The minimum absolute atomic E-state index is 0.235. The first-order chi connectivity index (χ1) is 11.1. The molecule has 0 aliphatic heterocycles. The predicted octanol–water partition coefficient (Wildman–Crippen LogP) is 1.75. The van der Waals surface area contributed by atoms with Gasteiger partial charge in [-0.25, -0.2) is 5.48 Å². The number of amides is 1. The first kappa shape index (κ1) is 17.4. The van der Waals surface area contributed by atoms with E-state index in [0.29, 0.717) is 12.2 Å². The van der Waals surface area contributed by atoms with Crippen molar-refractivity contribution in [2.75, 3.05) is 13.7 Å². The normalized spacial score (nSPS) is 23.9. The quantitative estimate of drug-likeness (QED) is 0.330. The first-order valence-electron chi connectivity index (χ1n) is 7.81.